The van der Waals surface area contributed by atoms with Crippen LogP contribution in [0.1, 0.15) is 13.8 Å². The Labute approximate surface area is 74.5 Å². The van der Waals surface area contributed by atoms with Crippen LogP contribution in [-0.4, -0.2) is 21.6 Å². The summed E-state index contributed by atoms with van der Waals surface area (Å²) < 4.78 is 4.63. The third-order valence-corrected chi connectivity index (χ3v) is 2.04. The number of hydrogen-bond acceptors (Lipinski definition) is 3. The molecule has 3 nitrogen and oxygen atoms in total. The Hall–Kier alpha value is -1.16. The Morgan fingerprint density at radius 2 is 1.92 bits per heavy atom. The molecule has 0 N–H and O–H groups in total. The van der Waals surface area contributed by atoms with Gasteiger partial charge in [0.1, 0.15) is 11.7 Å². The van der Waals surface area contributed by atoms with E-state index in [9.17, 15) is 9.59 Å². The van der Waals surface area contributed by atoms with Crippen LogP contribution >= 0.6 is 0 Å². The van der Waals surface area contributed by atoms with Gasteiger partial charge in [0, 0.05) is 11.1 Å². The number of hydrogen-bond donors (Lipinski definition) is 0. The molecular weight excluding hydrogens is 172 g/mol. The molecule has 0 bridgehead atoms. The highest BCUT2D eigenvalue weighted by molar-refractivity contribution is 6.62. The van der Waals surface area contributed by atoms with E-state index < -0.39 is 5.97 Å². The number of carbonyl (C=O) groups excluding carboxylic acids is 2. The molecule has 0 aromatic carbocycles. The first-order chi connectivity index (χ1) is 5.45. The molecule has 4 heteroatoms. The number of allylic oxidation sites excluding steroid dienone is 1. The summed E-state index contributed by atoms with van der Waals surface area (Å²) in [5.41, 5.74) is 0.788. The second-order valence-electron chi connectivity index (χ2n) is 2.54. The number of rotatable bonds is 3. The molecule has 0 aliphatic carbocycles. The summed E-state index contributed by atoms with van der Waals surface area (Å²) in [6.45, 7) is 6.56. The minimum atomic E-state index is -0.503. The van der Waals surface area contributed by atoms with Crippen LogP contribution in [0.3, 0.4) is 0 Å². The van der Waals surface area contributed by atoms with E-state index in [0.29, 0.717) is 21.4 Å². The molecule has 0 aliphatic rings. The van der Waals surface area contributed by atoms with Gasteiger partial charge in [-0.2, -0.15) is 0 Å². The zero-order chi connectivity index (χ0) is 9.72. The van der Waals surface area contributed by atoms with Gasteiger partial charge in [-0.1, -0.05) is 6.58 Å². The lowest BCUT2D eigenvalue weighted by Crippen LogP contribution is -2.03. The van der Waals surface area contributed by atoms with E-state index in [4.69, 9.17) is 0 Å². The monoisotopic (exact) mass is 184 g/mol. The van der Waals surface area contributed by atoms with Crippen LogP contribution in [0.15, 0.2) is 24.0 Å². The van der Waals surface area contributed by atoms with Gasteiger partial charge in [0.25, 0.3) is 0 Å². The first-order valence-corrected chi connectivity index (χ1v) is 4.49. The molecule has 12 heavy (non-hydrogen) atoms. The molecule has 0 saturated carbocycles. The highest BCUT2D eigenvalue weighted by Gasteiger charge is 2.02. The van der Waals surface area contributed by atoms with Crippen molar-refractivity contribution in [2.75, 3.05) is 0 Å². The molecule has 0 atom stereocenters. The maximum atomic E-state index is 10.8. The summed E-state index contributed by atoms with van der Waals surface area (Å²) in [6.07, 6.45) is 1.17. The Morgan fingerprint density at radius 3 is 2.25 bits per heavy atom. The second-order valence-corrected chi connectivity index (χ2v) is 3.45. The van der Waals surface area contributed by atoms with Crippen LogP contribution in [-0.2, 0) is 14.3 Å². The summed E-state index contributed by atoms with van der Waals surface area (Å²) in [5, 5.41) is 0.0181. The van der Waals surface area contributed by atoms with Crippen LogP contribution in [0.25, 0.3) is 0 Å². The van der Waals surface area contributed by atoms with Crippen LogP contribution in [0.4, 0.5) is 0 Å². The van der Waals surface area contributed by atoms with E-state index in [-0.39, 0.29) is 5.41 Å². The fourth-order valence-electron chi connectivity index (χ4n) is 0.325. The minimum Gasteiger partial charge on any atom is -0.431 e. The molecule has 0 radical (unpaired) electrons. The molecule has 0 unspecified atom stereocenters. The van der Waals surface area contributed by atoms with Crippen molar-refractivity contribution in [1.29, 1.82) is 0 Å². The normalized spacial score (nSPS) is 11.0. The standard InChI is InChI=1S/C8H12O3Si/c1-5(2)7(9)11-4-6(3)8(10)12/h4H,1H2,2-3,12H3. The average molecular weight is 184 g/mol. The predicted molar refractivity (Wildman–Crippen MR) is 49.6 cm³/mol. The largest absolute Gasteiger partial charge is 0.431 e. The van der Waals surface area contributed by atoms with Crippen LogP contribution in [0, 0.1) is 0 Å². The summed E-state index contributed by atoms with van der Waals surface area (Å²) in [6, 6.07) is 0. The van der Waals surface area contributed by atoms with Gasteiger partial charge in [-0.15, -0.1) is 0 Å². The van der Waals surface area contributed by atoms with Crippen molar-refractivity contribution < 1.29 is 14.3 Å². The summed E-state index contributed by atoms with van der Waals surface area (Å²) >= 11 is 0. The second kappa shape index (κ2) is 4.66. The lowest BCUT2D eigenvalue weighted by atomic mass is 10.3. The average Bonchev–Trinajstić information content (AvgIpc) is 1.98. The Balaban J connectivity index is 4.14. The molecule has 0 spiro atoms. The first-order valence-electron chi connectivity index (χ1n) is 3.49. The first kappa shape index (κ1) is 10.8. The summed E-state index contributed by atoms with van der Waals surface area (Å²) in [4.78, 5) is 21.5. The molecule has 0 aliphatic heterocycles. The molecule has 0 aromatic heterocycles. The fourth-order valence-corrected chi connectivity index (χ4v) is 0.443. The highest BCUT2D eigenvalue weighted by Crippen LogP contribution is 1.97. The van der Waals surface area contributed by atoms with Gasteiger partial charge >= 0.3 is 5.97 Å². The van der Waals surface area contributed by atoms with Crippen molar-refractivity contribution in [3.8, 4) is 0 Å². The number of esters is 1. The van der Waals surface area contributed by atoms with Gasteiger partial charge in [-0.3, -0.25) is 0 Å². The van der Waals surface area contributed by atoms with Gasteiger partial charge in [0.2, 0.25) is 0 Å². The van der Waals surface area contributed by atoms with E-state index in [0.717, 1.165) is 0 Å². The minimum absolute atomic E-state index is 0.0181. The lowest BCUT2D eigenvalue weighted by Gasteiger charge is -1.98. The van der Waals surface area contributed by atoms with Gasteiger partial charge in [0.15, 0.2) is 0 Å². The van der Waals surface area contributed by atoms with E-state index in [1.54, 1.807) is 13.8 Å². The highest BCUT2D eigenvalue weighted by atomic mass is 28.1. The molecule has 66 valence electrons. The summed E-state index contributed by atoms with van der Waals surface area (Å²) in [7, 11) is 0.438. The molecule has 0 rings (SSSR count). The van der Waals surface area contributed by atoms with Crippen molar-refractivity contribution in [3.05, 3.63) is 24.0 Å². The zero-order valence-corrected chi connectivity index (χ0v) is 9.51. The Morgan fingerprint density at radius 1 is 1.42 bits per heavy atom. The van der Waals surface area contributed by atoms with E-state index in [1.807, 2.05) is 0 Å². The van der Waals surface area contributed by atoms with E-state index in [1.165, 1.54) is 6.26 Å². The van der Waals surface area contributed by atoms with Crippen LogP contribution in [0.2, 0.25) is 0 Å². The third kappa shape index (κ3) is 3.87. The predicted octanol–water partition coefficient (Wildman–Crippen LogP) is -0.0985. The van der Waals surface area contributed by atoms with E-state index >= 15 is 0 Å². The third-order valence-electron chi connectivity index (χ3n) is 1.25. The summed E-state index contributed by atoms with van der Waals surface area (Å²) in [5.74, 6) is -0.503. The molecule has 0 heterocycles. The van der Waals surface area contributed by atoms with Crippen molar-refractivity contribution in [1.82, 2.24) is 0 Å². The van der Waals surface area contributed by atoms with Gasteiger partial charge in [0.05, 0.1) is 10.2 Å². The Bertz CT molecular complexity index is 253. The quantitative estimate of drug-likeness (QED) is 0.266. The molecule has 0 amide bonds. The maximum Gasteiger partial charge on any atom is 0.337 e. The molecule has 0 aromatic rings. The fraction of sp³-hybridized carbons (Fsp3) is 0.250. The molecule has 0 saturated heterocycles. The molecular formula is C8H12O3Si. The van der Waals surface area contributed by atoms with Crippen LogP contribution in [0.5, 0.6) is 0 Å². The number of carbonyl (C=O) groups is 2. The Kier molecular flexibility index (Phi) is 4.21. The molecule has 0 fully saturated rings. The zero-order valence-electron chi connectivity index (χ0n) is 7.51. The smallest absolute Gasteiger partial charge is 0.337 e. The topological polar surface area (TPSA) is 43.4 Å². The van der Waals surface area contributed by atoms with E-state index in [2.05, 4.69) is 11.3 Å². The SMILES string of the molecule is C=C(C)C(=O)OC=C(C)C(=O)[SiH3]. The van der Waals surface area contributed by atoms with Gasteiger partial charge in [-0.25, -0.2) is 4.79 Å². The lowest BCUT2D eigenvalue weighted by molar-refractivity contribution is -0.133. The van der Waals surface area contributed by atoms with Gasteiger partial charge in [-0.05, 0) is 13.8 Å². The van der Waals surface area contributed by atoms with Crippen LogP contribution < -0.4 is 0 Å². The van der Waals surface area contributed by atoms with Crippen molar-refractivity contribution in [2.45, 2.75) is 13.8 Å². The van der Waals surface area contributed by atoms with Crippen molar-refractivity contribution in [2.24, 2.45) is 0 Å². The van der Waals surface area contributed by atoms with Gasteiger partial charge < -0.3 is 9.53 Å². The maximum absolute atomic E-state index is 10.8. The van der Waals surface area contributed by atoms with Crippen molar-refractivity contribution in [3.63, 3.8) is 0 Å². The number of ether oxygens (including phenoxy) is 1. The van der Waals surface area contributed by atoms with Crippen molar-refractivity contribution >= 4 is 21.6 Å².